The number of Topliss-reactive ketones (excluding diaryl/α,β-unsaturated/α-hetero) is 1. The molecule has 1 aliphatic heterocycles. The molecule has 2 rings (SSSR count). The molecule has 0 aliphatic carbocycles. The van der Waals surface area contributed by atoms with Crippen molar-refractivity contribution in [2.45, 2.75) is 25.3 Å². The van der Waals surface area contributed by atoms with Crippen LogP contribution >= 0.6 is 12.4 Å². The highest BCUT2D eigenvalue weighted by Crippen LogP contribution is 2.12. The number of hydrogen-bond acceptors (Lipinski definition) is 3. The molecular weight excluding hydrogens is 283 g/mol. The van der Waals surface area contributed by atoms with E-state index in [1.165, 1.54) is 24.3 Å². The minimum atomic E-state index is -0.376. The lowest BCUT2D eigenvalue weighted by molar-refractivity contribution is -0.130. The van der Waals surface area contributed by atoms with Crippen LogP contribution in [0.4, 0.5) is 4.39 Å². The molecule has 1 heterocycles. The topological polar surface area (TPSA) is 63.4 Å². The molecule has 0 spiro atoms. The third-order valence-corrected chi connectivity index (χ3v) is 3.31. The number of benzene rings is 1. The van der Waals surface area contributed by atoms with Gasteiger partial charge >= 0.3 is 0 Å². The molecule has 1 aliphatic rings. The van der Waals surface area contributed by atoms with E-state index in [4.69, 9.17) is 5.73 Å². The summed E-state index contributed by atoms with van der Waals surface area (Å²) in [4.78, 5) is 25.4. The Labute approximate surface area is 123 Å². The normalized spacial score (nSPS) is 17.7. The molecule has 20 heavy (non-hydrogen) atoms. The first-order chi connectivity index (χ1) is 9.06. The fourth-order valence-corrected chi connectivity index (χ4v) is 2.17. The van der Waals surface area contributed by atoms with E-state index in [1.807, 2.05) is 0 Å². The lowest BCUT2D eigenvalue weighted by Gasteiger charge is -2.15. The van der Waals surface area contributed by atoms with Gasteiger partial charge in [0.15, 0.2) is 5.78 Å². The van der Waals surface area contributed by atoms with Gasteiger partial charge in [0.2, 0.25) is 5.91 Å². The lowest BCUT2D eigenvalue weighted by Crippen LogP contribution is -2.32. The highest BCUT2D eigenvalue weighted by Gasteiger charge is 2.23. The summed E-state index contributed by atoms with van der Waals surface area (Å²) in [5, 5.41) is 0. The SMILES string of the molecule is Cl.N[C@@H]1CCN(C(=O)CCC(=O)c2ccc(F)cc2)C1. The Morgan fingerprint density at radius 1 is 1.25 bits per heavy atom. The molecule has 1 saturated heterocycles. The van der Waals surface area contributed by atoms with Crippen LogP contribution in [0.1, 0.15) is 29.6 Å². The van der Waals surface area contributed by atoms with Crippen LogP contribution in [-0.4, -0.2) is 35.7 Å². The third kappa shape index (κ3) is 4.28. The second-order valence-electron chi connectivity index (χ2n) is 4.82. The van der Waals surface area contributed by atoms with E-state index in [0.29, 0.717) is 18.7 Å². The Morgan fingerprint density at radius 3 is 2.45 bits per heavy atom. The molecule has 1 atom stereocenters. The fraction of sp³-hybridized carbons (Fsp3) is 0.429. The predicted octanol–water partition coefficient (Wildman–Crippen LogP) is 1.77. The zero-order chi connectivity index (χ0) is 13.8. The summed E-state index contributed by atoms with van der Waals surface area (Å²) in [5.74, 6) is -0.557. The van der Waals surface area contributed by atoms with Crippen molar-refractivity contribution in [2.24, 2.45) is 5.73 Å². The van der Waals surface area contributed by atoms with Crippen LogP contribution in [0.15, 0.2) is 24.3 Å². The summed E-state index contributed by atoms with van der Waals surface area (Å²) in [6, 6.07) is 5.42. The second kappa shape index (κ2) is 7.36. The van der Waals surface area contributed by atoms with Crippen molar-refractivity contribution in [3.8, 4) is 0 Å². The minimum Gasteiger partial charge on any atom is -0.341 e. The minimum absolute atomic E-state index is 0. The first-order valence-corrected chi connectivity index (χ1v) is 6.38. The van der Waals surface area contributed by atoms with E-state index in [9.17, 15) is 14.0 Å². The largest absolute Gasteiger partial charge is 0.341 e. The number of nitrogens with zero attached hydrogens (tertiary/aromatic N) is 1. The van der Waals surface area contributed by atoms with E-state index >= 15 is 0 Å². The van der Waals surface area contributed by atoms with E-state index in [0.717, 1.165) is 6.42 Å². The van der Waals surface area contributed by atoms with Crippen LogP contribution in [0.3, 0.4) is 0 Å². The van der Waals surface area contributed by atoms with Gasteiger partial charge in [-0.3, -0.25) is 9.59 Å². The van der Waals surface area contributed by atoms with Gasteiger partial charge < -0.3 is 10.6 Å². The first-order valence-electron chi connectivity index (χ1n) is 6.38. The van der Waals surface area contributed by atoms with Crippen molar-refractivity contribution in [1.29, 1.82) is 0 Å². The molecule has 0 radical (unpaired) electrons. The second-order valence-corrected chi connectivity index (χ2v) is 4.82. The summed E-state index contributed by atoms with van der Waals surface area (Å²) in [6.07, 6.45) is 1.15. The van der Waals surface area contributed by atoms with E-state index < -0.39 is 0 Å². The molecule has 1 aromatic carbocycles. The Hall–Kier alpha value is -1.46. The van der Waals surface area contributed by atoms with E-state index in [-0.39, 0.29) is 48.8 Å². The average Bonchev–Trinajstić information content (AvgIpc) is 2.83. The molecular formula is C14H18ClFN2O2. The first kappa shape index (κ1) is 16.6. The third-order valence-electron chi connectivity index (χ3n) is 3.31. The molecule has 1 fully saturated rings. The van der Waals surface area contributed by atoms with Crippen LogP contribution in [0.25, 0.3) is 0 Å². The molecule has 0 bridgehead atoms. The molecule has 0 aromatic heterocycles. The number of carbonyl (C=O) groups is 2. The van der Waals surface area contributed by atoms with Crippen molar-refractivity contribution < 1.29 is 14.0 Å². The van der Waals surface area contributed by atoms with Crippen molar-refractivity contribution in [3.05, 3.63) is 35.6 Å². The van der Waals surface area contributed by atoms with Gasteiger partial charge in [-0.2, -0.15) is 0 Å². The van der Waals surface area contributed by atoms with Gasteiger partial charge in [-0.1, -0.05) is 0 Å². The molecule has 2 N–H and O–H groups in total. The summed E-state index contributed by atoms with van der Waals surface area (Å²) < 4.78 is 12.7. The summed E-state index contributed by atoms with van der Waals surface area (Å²) >= 11 is 0. The Morgan fingerprint density at radius 2 is 1.90 bits per heavy atom. The van der Waals surface area contributed by atoms with Crippen LogP contribution in [0.5, 0.6) is 0 Å². The number of rotatable bonds is 4. The molecule has 110 valence electrons. The molecule has 6 heteroatoms. The number of likely N-dealkylation sites (tertiary alicyclic amines) is 1. The van der Waals surface area contributed by atoms with Gasteiger partial charge in [-0.25, -0.2) is 4.39 Å². The number of nitrogens with two attached hydrogens (primary N) is 1. The maximum absolute atomic E-state index is 12.7. The molecule has 1 aromatic rings. The van der Waals surface area contributed by atoms with Gasteiger partial charge in [0.1, 0.15) is 5.82 Å². The standard InChI is InChI=1S/C14H17FN2O2.ClH/c15-11-3-1-10(2-4-11)13(18)5-6-14(19)17-8-7-12(16)9-17;/h1-4,12H,5-9,16H2;1H/t12-;/m1./s1. The van der Waals surface area contributed by atoms with Crippen molar-refractivity contribution >= 4 is 24.1 Å². The predicted molar refractivity (Wildman–Crippen MR) is 76.4 cm³/mol. The summed E-state index contributed by atoms with van der Waals surface area (Å²) in [6.45, 7) is 1.24. The zero-order valence-corrected chi connectivity index (χ0v) is 11.9. The quantitative estimate of drug-likeness (QED) is 0.862. The fourth-order valence-electron chi connectivity index (χ4n) is 2.17. The molecule has 0 saturated carbocycles. The van der Waals surface area contributed by atoms with Crippen LogP contribution in [0, 0.1) is 5.82 Å². The lowest BCUT2D eigenvalue weighted by atomic mass is 10.1. The van der Waals surface area contributed by atoms with E-state index in [2.05, 4.69) is 0 Å². The molecule has 1 amide bonds. The highest BCUT2D eigenvalue weighted by molar-refractivity contribution is 5.97. The Balaban J connectivity index is 0.00000200. The molecule has 4 nitrogen and oxygen atoms in total. The summed E-state index contributed by atoms with van der Waals surface area (Å²) in [5.41, 5.74) is 6.17. The van der Waals surface area contributed by atoms with Gasteiger partial charge in [0.05, 0.1) is 0 Å². The van der Waals surface area contributed by atoms with E-state index in [1.54, 1.807) is 4.90 Å². The number of hydrogen-bond donors (Lipinski definition) is 1. The van der Waals surface area contributed by atoms with Gasteiger partial charge in [0.25, 0.3) is 0 Å². The Kier molecular flexibility index (Phi) is 6.10. The molecule has 0 unspecified atom stereocenters. The summed E-state index contributed by atoms with van der Waals surface area (Å²) in [7, 11) is 0. The van der Waals surface area contributed by atoms with Gasteiger partial charge in [-0.05, 0) is 30.7 Å². The van der Waals surface area contributed by atoms with Crippen molar-refractivity contribution in [3.63, 3.8) is 0 Å². The monoisotopic (exact) mass is 300 g/mol. The maximum Gasteiger partial charge on any atom is 0.223 e. The van der Waals surface area contributed by atoms with Crippen LogP contribution in [-0.2, 0) is 4.79 Å². The number of amides is 1. The average molecular weight is 301 g/mol. The van der Waals surface area contributed by atoms with Gasteiger partial charge in [0, 0.05) is 37.5 Å². The highest BCUT2D eigenvalue weighted by atomic mass is 35.5. The number of halogens is 2. The van der Waals surface area contributed by atoms with Gasteiger partial charge in [-0.15, -0.1) is 12.4 Å². The smallest absolute Gasteiger partial charge is 0.223 e. The van der Waals surface area contributed by atoms with Crippen molar-refractivity contribution in [1.82, 2.24) is 4.90 Å². The number of carbonyl (C=O) groups excluding carboxylic acids is 2. The van der Waals surface area contributed by atoms with Crippen LogP contribution in [0.2, 0.25) is 0 Å². The zero-order valence-electron chi connectivity index (χ0n) is 11.0. The maximum atomic E-state index is 12.7. The Bertz CT molecular complexity index is 479. The van der Waals surface area contributed by atoms with Crippen LogP contribution < -0.4 is 5.73 Å². The van der Waals surface area contributed by atoms with Crippen molar-refractivity contribution in [2.75, 3.05) is 13.1 Å². The number of ketones is 1.